The summed E-state index contributed by atoms with van der Waals surface area (Å²) < 4.78 is 5.78. The van der Waals surface area contributed by atoms with Gasteiger partial charge in [-0.05, 0) is 29.7 Å². The molecule has 1 nitrogen and oxygen atoms in total. The van der Waals surface area contributed by atoms with Gasteiger partial charge in [0.15, 0.2) is 0 Å². The van der Waals surface area contributed by atoms with Gasteiger partial charge in [0.1, 0.15) is 11.2 Å². The third-order valence-corrected chi connectivity index (χ3v) is 3.93. The molecule has 0 bridgehead atoms. The SMILES string of the molecule is CC(C)c1ccc2oc3cc(Cl)c(Cl)cc3c2c1. The second-order valence-corrected chi connectivity index (χ2v) is 5.59. The highest BCUT2D eigenvalue weighted by Crippen LogP contribution is 2.35. The van der Waals surface area contributed by atoms with Gasteiger partial charge in [-0.1, -0.05) is 43.1 Å². The third kappa shape index (κ3) is 1.79. The molecule has 0 N–H and O–H groups in total. The van der Waals surface area contributed by atoms with Crippen molar-refractivity contribution in [2.75, 3.05) is 0 Å². The smallest absolute Gasteiger partial charge is 0.137 e. The Morgan fingerprint density at radius 3 is 2.28 bits per heavy atom. The molecule has 0 aliphatic rings. The number of rotatable bonds is 1. The zero-order valence-electron chi connectivity index (χ0n) is 10.1. The monoisotopic (exact) mass is 278 g/mol. The van der Waals surface area contributed by atoms with Crippen LogP contribution in [0, 0.1) is 0 Å². The van der Waals surface area contributed by atoms with Crippen molar-refractivity contribution in [3.8, 4) is 0 Å². The van der Waals surface area contributed by atoms with Crippen LogP contribution in [-0.2, 0) is 0 Å². The summed E-state index contributed by atoms with van der Waals surface area (Å²) in [7, 11) is 0. The van der Waals surface area contributed by atoms with Crippen molar-refractivity contribution in [3.05, 3.63) is 45.9 Å². The van der Waals surface area contributed by atoms with Gasteiger partial charge in [-0.3, -0.25) is 0 Å². The van der Waals surface area contributed by atoms with Crippen molar-refractivity contribution in [1.82, 2.24) is 0 Å². The normalized spacial score (nSPS) is 11.8. The topological polar surface area (TPSA) is 13.1 Å². The van der Waals surface area contributed by atoms with E-state index >= 15 is 0 Å². The quantitative estimate of drug-likeness (QED) is 0.531. The Morgan fingerprint density at radius 1 is 0.889 bits per heavy atom. The van der Waals surface area contributed by atoms with Gasteiger partial charge in [0.25, 0.3) is 0 Å². The molecule has 3 rings (SSSR count). The standard InChI is InChI=1S/C15H12Cl2O/c1-8(2)9-3-4-14-10(5-9)11-6-12(16)13(17)7-15(11)18-14/h3-8H,1-2H3. The van der Waals surface area contributed by atoms with E-state index in [1.54, 1.807) is 6.07 Å². The Morgan fingerprint density at radius 2 is 1.56 bits per heavy atom. The minimum atomic E-state index is 0.488. The highest BCUT2D eigenvalue weighted by molar-refractivity contribution is 6.43. The molecule has 0 aliphatic heterocycles. The fourth-order valence-corrected chi connectivity index (χ4v) is 2.47. The number of fused-ring (bicyclic) bond motifs is 3. The van der Waals surface area contributed by atoms with Crippen LogP contribution in [0.2, 0.25) is 10.0 Å². The molecule has 0 saturated carbocycles. The highest BCUT2D eigenvalue weighted by Gasteiger charge is 2.11. The van der Waals surface area contributed by atoms with Gasteiger partial charge in [-0.2, -0.15) is 0 Å². The molecule has 1 heterocycles. The van der Waals surface area contributed by atoms with Crippen molar-refractivity contribution in [2.24, 2.45) is 0 Å². The number of benzene rings is 2. The van der Waals surface area contributed by atoms with Crippen LogP contribution < -0.4 is 0 Å². The average molecular weight is 279 g/mol. The molecule has 92 valence electrons. The molecule has 0 aliphatic carbocycles. The predicted molar refractivity (Wildman–Crippen MR) is 77.8 cm³/mol. The second-order valence-electron chi connectivity index (χ2n) is 4.77. The number of hydrogen-bond donors (Lipinski definition) is 0. The van der Waals surface area contributed by atoms with Crippen LogP contribution in [0.25, 0.3) is 21.9 Å². The molecule has 0 unspecified atom stereocenters. The molecule has 2 aromatic carbocycles. The zero-order chi connectivity index (χ0) is 12.9. The van der Waals surface area contributed by atoms with E-state index in [1.807, 2.05) is 12.1 Å². The lowest BCUT2D eigenvalue weighted by Gasteiger charge is -2.04. The molecular weight excluding hydrogens is 267 g/mol. The second kappa shape index (κ2) is 4.18. The summed E-state index contributed by atoms with van der Waals surface area (Å²) in [5.41, 5.74) is 2.93. The number of hydrogen-bond acceptors (Lipinski definition) is 1. The van der Waals surface area contributed by atoms with E-state index in [0.29, 0.717) is 16.0 Å². The van der Waals surface area contributed by atoms with Gasteiger partial charge in [-0.25, -0.2) is 0 Å². The van der Waals surface area contributed by atoms with E-state index in [-0.39, 0.29) is 0 Å². The van der Waals surface area contributed by atoms with Gasteiger partial charge in [0.2, 0.25) is 0 Å². The first-order chi connectivity index (χ1) is 8.56. The van der Waals surface area contributed by atoms with Crippen molar-refractivity contribution in [3.63, 3.8) is 0 Å². The van der Waals surface area contributed by atoms with Gasteiger partial charge in [-0.15, -0.1) is 0 Å². The van der Waals surface area contributed by atoms with Crippen LogP contribution in [-0.4, -0.2) is 0 Å². The molecule has 3 aromatic rings. The Balaban J connectivity index is 2.39. The molecule has 0 fully saturated rings. The van der Waals surface area contributed by atoms with E-state index in [0.717, 1.165) is 21.9 Å². The lowest BCUT2D eigenvalue weighted by molar-refractivity contribution is 0.668. The molecule has 1 aromatic heterocycles. The van der Waals surface area contributed by atoms with E-state index < -0.39 is 0 Å². The molecular formula is C15H12Cl2O. The number of furan rings is 1. The molecule has 0 amide bonds. The van der Waals surface area contributed by atoms with Crippen molar-refractivity contribution in [2.45, 2.75) is 19.8 Å². The lowest BCUT2D eigenvalue weighted by atomic mass is 10.0. The third-order valence-electron chi connectivity index (χ3n) is 3.20. The largest absolute Gasteiger partial charge is 0.456 e. The summed E-state index contributed by atoms with van der Waals surface area (Å²) in [5.74, 6) is 0.488. The molecule has 3 heteroatoms. The van der Waals surface area contributed by atoms with Crippen LogP contribution in [0.1, 0.15) is 25.3 Å². The van der Waals surface area contributed by atoms with Crippen molar-refractivity contribution < 1.29 is 4.42 Å². The van der Waals surface area contributed by atoms with E-state index in [1.165, 1.54) is 5.56 Å². The molecule has 0 radical (unpaired) electrons. The van der Waals surface area contributed by atoms with E-state index in [2.05, 4.69) is 26.0 Å². The Kier molecular flexibility index (Phi) is 2.76. The summed E-state index contributed by atoms with van der Waals surface area (Å²) in [5, 5.41) is 3.19. The number of halogens is 2. The maximum atomic E-state index is 6.07. The molecule has 18 heavy (non-hydrogen) atoms. The Bertz CT molecular complexity index is 741. The Hall–Kier alpha value is -1.18. The highest BCUT2D eigenvalue weighted by atomic mass is 35.5. The van der Waals surface area contributed by atoms with Crippen LogP contribution in [0.5, 0.6) is 0 Å². The van der Waals surface area contributed by atoms with Crippen LogP contribution in [0.4, 0.5) is 0 Å². The summed E-state index contributed by atoms with van der Waals surface area (Å²) in [6.07, 6.45) is 0. The molecule has 0 saturated heterocycles. The zero-order valence-corrected chi connectivity index (χ0v) is 11.6. The summed E-state index contributed by atoms with van der Waals surface area (Å²) in [6, 6.07) is 9.91. The van der Waals surface area contributed by atoms with Crippen LogP contribution in [0.15, 0.2) is 34.7 Å². The van der Waals surface area contributed by atoms with Crippen LogP contribution in [0.3, 0.4) is 0 Å². The lowest BCUT2D eigenvalue weighted by Crippen LogP contribution is -1.85. The first-order valence-electron chi connectivity index (χ1n) is 5.87. The van der Waals surface area contributed by atoms with Gasteiger partial charge < -0.3 is 4.42 Å². The van der Waals surface area contributed by atoms with Gasteiger partial charge in [0.05, 0.1) is 10.0 Å². The van der Waals surface area contributed by atoms with E-state index in [4.69, 9.17) is 27.6 Å². The fourth-order valence-electron chi connectivity index (χ4n) is 2.15. The first kappa shape index (κ1) is 11.9. The predicted octanol–water partition coefficient (Wildman–Crippen LogP) is 6.02. The fraction of sp³-hybridized carbons (Fsp3) is 0.200. The molecule has 0 atom stereocenters. The molecule has 0 spiro atoms. The summed E-state index contributed by atoms with van der Waals surface area (Å²) in [6.45, 7) is 4.35. The summed E-state index contributed by atoms with van der Waals surface area (Å²) in [4.78, 5) is 0. The maximum absolute atomic E-state index is 6.07. The summed E-state index contributed by atoms with van der Waals surface area (Å²) >= 11 is 12.1. The van der Waals surface area contributed by atoms with E-state index in [9.17, 15) is 0 Å². The first-order valence-corrected chi connectivity index (χ1v) is 6.63. The minimum absolute atomic E-state index is 0.488. The van der Waals surface area contributed by atoms with Crippen molar-refractivity contribution >= 4 is 45.1 Å². The average Bonchev–Trinajstić information content (AvgIpc) is 2.66. The Labute approximate surface area is 115 Å². The van der Waals surface area contributed by atoms with Crippen LogP contribution >= 0.6 is 23.2 Å². The van der Waals surface area contributed by atoms with Gasteiger partial charge >= 0.3 is 0 Å². The van der Waals surface area contributed by atoms with Crippen molar-refractivity contribution in [1.29, 1.82) is 0 Å². The van der Waals surface area contributed by atoms with Gasteiger partial charge in [0, 0.05) is 16.8 Å². The minimum Gasteiger partial charge on any atom is -0.456 e. The maximum Gasteiger partial charge on any atom is 0.137 e.